The molecular formula is C20H27NS. The maximum absolute atomic E-state index is 2.65. The first-order valence-corrected chi connectivity index (χ1v) is 9.75. The highest BCUT2D eigenvalue weighted by Gasteiger charge is 2.08. The monoisotopic (exact) mass is 313 g/mol. The van der Waals surface area contributed by atoms with E-state index in [0.29, 0.717) is 0 Å². The Morgan fingerprint density at radius 3 is 2.55 bits per heavy atom. The summed E-state index contributed by atoms with van der Waals surface area (Å²) in [5.41, 5.74) is 0. The molecule has 1 saturated heterocycles. The highest BCUT2D eigenvalue weighted by atomic mass is 32.2. The molecule has 2 aromatic carbocycles. The summed E-state index contributed by atoms with van der Waals surface area (Å²) >= 11 is 2.02. The van der Waals surface area contributed by atoms with Crippen LogP contribution in [0.25, 0.3) is 10.8 Å². The normalized spacial score (nSPS) is 16.2. The topological polar surface area (TPSA) is 3.24 Å². The smallest absolute Gasteiger partial charge is 0.0150 e. The Morgan fingerprint density at radius 2 is 1.64 bits per heavy atom. The number of hydrogen-bond donors (Lipinski definition) is 0. The van der Waals surface area contributed by atoms with Crippen molar-refractivity contribution >= 4 is 22.5 Å². The number of fused-ring (bicyclic) bond motifs is 1. The van der Waals surface area contributed by atoms with Gasteiger partial charge in [0.2, 0.25) is 0 Å². The van der Waals surface area contributed by atoms with Crippen molar-refractivity contribution in [2.24, 2.45) is 0 Å². The third-order valence-electron chi connectivity index (χ3n) is 4.57. The summed E-state index contributed by atoms with van der Waals surface area (Å²) in [5, 5.41) is 2.76. The predicted molar refractivity (Wildman–Crippen MR) is 98.8 cm³/mol. The molecular weight excluding hydrogens is 286 g/mol. The summed E-state index contributed by atoms with van der Waals surface area (Å²) in [5.74, 6) is 1.24. The minimum Gasteiger partial charge on any atom is -0.303 e. The van der Waals surface area contributed by atoms with E-state index in [2.05, 4.69) is 47.4 Å². The molecule has 118 valence electrons. The van der Waals surface area contributed by atoms with Crippen LogP contribution in [0.5, 0.6) is 0 Å². The molecule has 0 spiro atoms. The molecule has 0 bridgehead atoms. The van der Waals surface area contributed by atoms with E-state index in [4.69, 9.17) is 0 Å². The van der Waals surface area contributed by atoms with Crippen LogP contribution < -0.4 is 0 Å². The number of nitrogens with zero attached hydrogens (tertiary/aromatic N) is 1. The third kappa shape index (κ3) is 4.50. The van der Waals surface area contributed by atoms with Crippen molar-refractivity contribution in [3.63, 3.8) is 0 Å². The lowest BCUT2D eigenvalue weighted by atomic mass is 10.1. The molecule has 2 aromatic rings. The van der Waals surface area contributed by atoms with E-state index < -0.39 is 0 Å². The number of rotatable bonds is 7. The lowest BCUT2D eigenvalue weighted by Gasteiger charge is -2.26. The first-order valence-electron chi connectivity index (χ1n) is 8.76. The summed E-state index contributed by atoms with van der Waals surface area (Å²) in [6.45, 7) is 3.99. The second-order valence-corrected chi connectivity index (χ2v) is 7.43. The molecule has 2 heteroatoms. The maximum atomic E-state index is 2.65. The molecule has 0 aromatic heterocycles. The van der Waals surface area contributed by atoms with Crippen molar-refractivity contribution in [1.82, 2.24) is 4.90 Å². The van der Waals surface area contributed by atoms with Crippen LogP contribution in [0.4, 0.5) is 0 Å². The minimum atomic E-state index is 1.24. The molecule has 0 radical (unpaired) electrons. The zero-order valence-electron chi connectivity index (χ0n) is 13.5. The Bertz CT molecular complexity index is 569. The summed E-state index contributed by atoms with van der Waals surface area (Å²) in [6, 6.07) is 15.4. The van der Waals surface area contributed by atoms with Gasteiger partial charge in [0.15, 0.2) is 0 Å². The third-order valence-corrected chi connectivity index (χ3v) is 5.73. The van der Waals surface area contributed by atoms with Crippen molar-refractivity contribution in [2.45, 2.75) is 43.4 Å². The second kappa shape index (κ2) is 8.59. The highest BCUT2D eigenvalue weighted by molar-refractivity contribution is 7.99. The predicted octanol–water partition coefficient (Wildman–Crippen LogP) is 5.59. The summed E-state index contributed by atoms with van der Waals surface area (Å²) in [4.78, 5) is 4.09. The van der Waals surface area contributed by atoms with Crippen LogP contribution in [0.2, 0.25) is 0 Å². The average molecular weight is 314 g/mol. The Morgan fingerprint density at radius 1 is 0.818 bits per heavy atom. The fourth-order valence-electron chi connectivity index (χ4n) is 3.30. The molecule has 0 unspecified atom stereocenters. The van der Waals surface area contributed by atoms with Crippen LogP contribution in [-0.4, -0.2) is 30.3 Å². The van der Waals surface area contributed by atoms with Gasteiger partial charge in [-0.15, -0.1) is 11.8 Å². The summed E-state index contributed by atoms with van der Waals surface area (Å²) < 4.78 is 0. The SMILES string of the molecule is c1ccc2c(SCCCCCN3CCCCC3)cccc2c1. The molecule has 22 heavy (non-hydrogen) atoms. The van der Waals surface area contributed by atoms with Crippen LogP contribution in [-0.2, 0) is 0 Å². The largest absolute Gasteiger partial charge is 0.303 e. The second-order valence-electron chi connectivity index (χ2n) is 6.29. The molecule has 0 atom stereocenters. The maximum Gasteiger partial charge on any atom is 0.0150 e. The van der Waals surface area contributed by atoms with Gasteiger partial charge in [0, 0.05) is 4.90 Å². The molecule has 1 fully saturated rings. The van der Waals surface area contributed by atoms with E-state index in [1.807, 2.05) is 11.8 Å². The number of unbranched alkanes of at least 4 members (excludes halogenated alkanes) is 2. The molecule has 1 aliphatic heterocycles. The van der Waals surface area contributed by atoms with Crippen molar-refractivity contribution in [3.05, 3.63) is 42.5 Å². The van der Waals surface area contributed by atoms with E-state index in [9.17, 15) is 0 Å². The molecule has 0 amide bonds. The van der Waals surface area contributed by atoms with E-state index >= 15 is 0 Å². The number of likely N-dealkylation sites (tertiary alicyclic amines) is 1. The highest BCUT2D eigenvalue weighted by Crippen LogP contribution is 2.28. The van der Waals surface area contributed by atoms with Gasteiger partial charge in [0.05, 0.1) is 0 Å². The van der Waals surface area contributed by atoms with Crippen molar-refractivity contribution in [2.75, 3.05) is 25.4 Å². The number of thioether (sulfide) groups is 1. The molecule has 0 aliphatic carbocycles. The summed E-state index contributed by atoms with van der Waals surface area (Å²) in [6.07, 6.45) is 8.35. The Balaban J connectivity index is 1.37. The minimum absolute atomic E-state index is 1.24. The van der Waals surface area contributed by atoms with Gasteiger partial charge in [-0.3, -0.25) is 0 Å². The van der Waals surface area contributed by atoms with Crippen LogP contribution >= 0.6 is 11.8 Å². The van der Waals surface area contributed by atoms with Crippen molar-refractivity contribution < 1.29 is 0 Å². The van der Waals surface area contributed by atoms with Crippen LogP contribution in [0, 0.1) is 0 Å². The van der Waals surface area contributed by atoms with Gasteiger partial charge in [-0.25, -0.2) is 0 Å². The van der Waals surface area contributed by atoms with E-state index in [1.165, 1.54) is 79.6 Å². The van der Waals surface area contributed by atoms with Crippen molar-refractivity contribution in [1.29, 1.82) is 0 Å². The number of benzene rings is 2. The van der Waals surface area contributed by atoms with Gasteiger partial charge in [0.1, 0.15) is 0 Å². The Labute approximate surface area is 139 Å². The first kappa shape index (κ1) is 15.9. The molecule has 0 N–H and O–H groups in total. The average Bonchev–Trinajstić information content (AvgIpc) is 2.59. The first-order chi connectivity index (χ1) is 10.9. The van der Waals surface area contributed by atoms with E-state index in [-0.39, 0.29) is 0 Å². The number of hydrogen-bond acceptors (Lipinski definition) is 2. The Hall–Kier alpha value is -0.990. The van der Waals surface area contributed by atoms with E-state index in [0.717, 1.165) is 0 Å². The van der Waals surface area contributed by atoms with Gasteiger partial charge < -0.3 is 4.90 Å². The standard InChI is InChI=1S/C20H27NS/c1-5-14-21(15-6-1)16-7-2-8-17-22-20-13-9-11-18-10-3-4-12-19(18)20/h3-4,9-13H,1-2,5-8,14-17H2. The number of piperidine rings is 1. The summed E-state index contributed by atoms with van der Waals surface area (Å²) in [7, 11) is 0. The van der Waals surface area contributed by atoms with Crippen LogP contribution in [0.3, 0.4) is 0 Å². The van der Waals surface area contributed by atoms with E-state index in [1.54, 1.807) is 0 Å². The molecule has 1 nitrogen and oxygen atoms in total. The lowest BCUT2D eigenvalue weighted by Crippen LogP contribution is -2.30. The van der Waals surface area contributed by atoms with Gasteiger partial charge in [0.25, 0.3) is 0 Å². The van der Waals surface area contributed by atoms with Gasteiger partial charge in [-0.1, -0.05) is 49.2 Å². The quantitative estimate of drug-likeness (QED) is 0.484. The Kier molecular flexibility index (Phi) is 6.21. The molecule has 1 heterocycles. The van der Waals surface area contributed by atoms with Gasteiger partial charge in [-0.2, -0.15) is 0 Å². The molecule has 0 saturated carbocycles. The van der Waals surface area contributed by atoms with Crippen LogP contribution in [0.15, 0.2) is 47.4 Å². The molecule has 3 rings (SSSR count). The molecule has 1 aliphatic rings. The zero-order chi connectivity index (χ0) is 15.0. The zero-order valence-corrected chi connectivity index (χ0v) is 14.3. The fourth-order valence-corrected chi connectivity index (χ4v) is 4.39. The fraction of sp³-hybridized carbons (Fsp3) is 0.500. The van der Waals surface area contributed by atoms with Crippen LogP contribution in [0.1, 0.15) is 38.5 Å². The lowest BCUT2D eigenvalue weighted by molar-refractivity contribution is 0.224. The van der Waals surface area contributed by atoms with Crippen molar-refractivity contribution in [3.8, 4) is 0 Å². The van der Waals surface area contributed by atoms with Gasteiger partial charge >= 0.3 is 0 Å². The van der Waals surface area contributed by atoms with Gasteiger partial charge in [-0.05, 0) is 67.9 Å².